The fraction of sp³-hybridized carbons (Fsp3) is 0.111. The summed E-state index contributed by atoms with van der Waals surface area (Å²) in [6.45, 7) is 3.63. The Balaban J connectivity index is 1.92. The van der Waals surface area contributed by atoms with Crippen LogP contribution in [0.5, 0.6) is 0 Å². The van der Waals surface area contributed by atoms with Gasteiger partial charge in [0.25, 0.3) is 0 Å². The van der Waals surface area contributed by atoms with E-state index >= 15 is 0 Å². The van der Waals surface area contributed by atoms with Gasteiger partial charge in [-0.1, -0.05) is 103 Å². The molecule has 4 aromatic carbocycles. The van der Waals surface area contributed by atoms with Gasteiger partial charge in [-0.25, -0.2) is 0 Å². The van der Waals surface area contributed by atoms with Crippen LogP contribution >= 0.6 is 18.9 Å². The highest BCUT2D eigenvalue weighted by Gasteiger charge is 2.37. The largest absolute Gasteiger partial charge is 0.319 e. The molecule has 4 aromatic rings. The molecule has 0 saturated heterocycles. The molecule has 0 aliphatic rings. The van der Waals surface area contributed by atoms with Crippen molar-refractivity contribution in [3.8, 4) is 0 Å². The van der Waals surface area contributed by atoms with Crippen LogP contribution in [0.15, 0.2) is 120 Å². The van der Waals surface area contributed by atoms with E-state index in [1.807, 2.05) is 37.2 Å². The predicted molar refractivity (Wildman–Crippen MR) is 131 cm³/mol. The predicted octanol–water partition coefficient (Wildman–Crippen LogP) is 7.02. The minimum atomic E-state index is -2.27. The summed E-state index contributed by atoms with van der Waals surface area (Å²) < 4.78 is 12.1. The fourth-order valence-corrected chi connectivity index (χ4v) is 6.00. The van der Waals surface area contributed by atoms with Crippen molar-refractivity contribution in [2.75, 3.05) is 13.3 Å². The molecule has 1 nitrogen and oxygen atoms in total. The molecule has 0 aromatic heterocycles. The molecular weight excluding hydrogens is 403 g/mol. The second-order valence-corrected chi connectivity index (χ2v) is 12.2. The number of hydrogen-bond donors (Lipinski definition) is 0. The first-order valence-corrected chi connectivity index (χ1v) is 13.4. The van der Waals surface area contributed by atoms with Crippen molar-refractivity contribution in [3.63, 3.8) is 0 Å². The van der Waals surface area contributed by atoms with Crippen LogP contribution in [0, 0.1) is 0 Å². The molecule has 0 spiro atoms. The van der Waals surface area contributed by atoms with Gasteiger partial charge in [0.05, 0.1) is 4.75 Å². The molecule has 0 unspecified atom stereocenters. The zero-order chi connectivity index (χ0) is 21.0. The van der Waals surface area contributed by atoms with E-state index in [2.05, 4.69) is 103 Å². The summed E-state index contributed by atoms with van der Waals surface area (Å²) in [6, 6.07) is 40.2. The minimum absolute atomic E-state index is 0.395. The molecular formula is C27H25OPS. The Bertz CT molecular complexity index is 1040. The van der Waals surface area contributed by atoms with Gasteiger partial charge in [0, 0.05) is 10.2 Å². The zero-order valence-corrected chi connectivity index (χ0v) is 18.9. The Morgan fingerprint density at radius 3 is 1.27 bits per heavy atom. The summed E-state index contributed by atoms with van der Waals surface area (Å²) in [4.78, 5) is 1.14. The lowest BCUT2D eigenvalue weighted by molar-refractivity contribution is 0.588. The normalized spacial score (nSPS) is 11.9. The maximum Gasteiger partial charge on any atom is 0.109 e. The van der Waals surface area contributed by atoms with Crippen molar-refractivity contribution >= 4 is 24.2 Å². The maximum atomic E-state index is 12.5. The quantitative estimate of drug-likeness (QED) is 0.186. The van der Waals surface area contributed by atoms with E-state index in [0.29, 0.717) is 0 Å². The molecule has 0 fully saturated rings. The summed E-state index contributed by atoms with van der Waals surface area (Å²) in [5, 5.41) is 0.914. The molecule has 3 heteroatoms. The van der Waals surface area contributed by atoms with Crippen LogP contribution in [0.4, 0.5) is 0 Å². The molecule has 0 N–H and O–H groups in total. The van der Waals surface area contributed by atoms with Crippen molar-refractivity contribution in [2.24, 2.45) is 0 Å². The summed E-state index contributed by atoms with van der Waals surface area (Å²) in [5.41, 5.74) is 3.69. The summed E-state index contributed by atoms with van der Waals surface area (Å²) in [7, 11) is -2.27. The van der Waals surface area contributed by atoms with E-state index in [1.165, 1.54) is 16.7 Å². The Kier molecular flexibility index (Phi) is 5.99. The molecule has 0 aliphatic heterocycles. The van der Waals surface area contributed by atoms with E-state index in [0.717, 1.165) is 10.2 Å². The van der Waals surface area contributed by atoms with Gasteiger partial charge in [-0.2, -0.15) is 0 Å². The second-order valence-electron chi connectivity index (χ2n) is 7.73. The van der Waals surface area contributed by atoms with E-state index < -0.39 is 11.9 Å². The molecule has 0 bridgehead atoms. The summed E-state index contributed by atoms with van der Waals surface area (Å²) in [6.07, 6.45) is 0. The number of rotatable bonds is 6. The molecule has 30 heavy (non-hydrogen) atoms. The monoisotopic (exact) mass is 428 g/mol. The van der Waals surface area contributed by atoms with Crippen LogP contribution in [0.25, 0.3) is 0 Å². The van der Waals surface area contributed by atoms with Crippen LogP contribution in [0.2, 0.25) is 0 Å². The van der Waals surface area contributed by atoms with E-state index in [1.54, 1.807) is 0 Å². The first-order chi connectivity index (χ1) is 14.5. The molecule has 0 heterocycles. The third kappa shape index (κ3) is 4.17. The average Bonchev–Trinajstić information content (AvgIpc) is 2.79. The van der Waals surface area contributed by atoms with Gasteiger partial charge in [-0.15, -0.1) is 11.8 Å². The average molecular weight is 429 g/mol. The molecule has 0 aliphatic carbocycles. The minimum Gasteiger partial charge on any atom is -0.319 e. The van der Waals surface area contributed by atoms with Crippen molar-refractivity contribution in [3.05, 3.63) is 132 Å². The third-order valence-electron chi connectivity index (χ3n) is 5.27. The molecule has 0 saturated carbocycles. The van der Waals surface area contributed by atoms with Gasteiger partial charge in [0.15, 0.2) is 0 Å². The summed E-state index contributed by atoms with van der Waals surface area (Å²) in [5.74, 6) is 0. The van der Waals surface area contributed by atoms with E-state index in [4.69, 9.17) is 0 Å². The highest BCUT2D eigenvalue weighted by Crippen LogP contribution is 2.51. The smallest absolute Gasteiger partial charge is 0.109 e. The molecule has 4 rings (SSSR count). The maximum absolute atomic E-state index is 12.5. The summed E-state index contributed by atoms with van der Waals surface area (Å²) >= 11 is 1.83. The Morgan fingerprint density at radius 1 is 0.567 bits per heavy atom. The lowest BCUT2D eigenvalue weighted by atomic mass is 9.84. The number of benzene rings is 4. The topological polar surface area (TPSA) is 17.1 Å². The van der Waals surface area contributed by atoms with E-state index in [9.17, 15) is 4.57 Å². The number of hydrogen-bond acceptors (Lipinski definition) is 2. The zero-order valence-electron chi connectivity index (χ0n) is 17.2. The van der Waals surface area contributed by atoms with Crippen molar-refractivity contribution < 1.29 is 4.57 Å². The first-order valence-electron chi connectivity index (χ1n) is 10.0. The van der Waals surface area contributed by atoms with Crippen LogP contribution < -0.4 is 5.30 Å². The molecule has 150 valence electrons. The molecule has 0 amide bonds. The van der Waals surface area contributed by atoms with Crippen LogP contribution in [-0.2, 0) is 9.31 Å². The highest BCUT2D eigenvalue weighted by atomic mass is 32.2. The first kappa shape index (κ1) is 20.7. The van der Waals surface area contributed by atoms with Crippen LogP contribution in [0.1, 0.15) is 16.7 Å². The van der Waals surface area contributed by atoms with Crippen LogP contribution in [0.3, 0.4) is 0 Å². The Labute approximate surface area is 183 Å². The van der Waals surface area contributed by atoms with Crippen molar-refractivity contribution in [2.45, 2.75) is 9.64 Å². The number of thioether (sulfide) groups is 1. The Morgan fingerprint density at radius 2 is 0.933 bits per heavy atom. The molecule has 0 atom stereocenters. The van der Waals surface area contributed by atoms with Gasteiger partial charge < -0.3 is 4.57 Å². The second kappa shape index (κ2) is 8.68. The SMILES string of the molecule is CP(C)(=O)c1ccc(SC(c2ccccc2)(c2ccccc2)c2ccccc2)cc1. The Hall–Kier alpha value is -2.54. The van der Waals surface area contributed by atoms with Crippen LogP contribution in [-0.4, -0.2) is 13.3 Å². The lowest BCUT2D eigenvalue weighted by Crippen LogP contribution is -2.25. The fourth-order valence-electron chi connectivity index (χ4n) is 3.75. The van der Waals surface area contributed by atoms with Crippen molar-refractivity contribution in [1.29, 1.82) is 0 Å². The lowest BCUT2D eigenvalue weighted by Gasteiger charge is -2.35. The standard InChI is InChI=1S/C27H25OPS/c1-29(2,28)25-18-20-26(21-19-25)30-27(22-12-6-3-7-13-22,23-14-8-4-9-15-23)24-16-10-5-11-17-24/h3-21H,1-2H3. The van der Waals surface area contributed by atoms with Gasteiger partial charge >= 0.3 is 0 Å². The highest BCUT2D eigenvalue weighted by molar-refractivity contribution is 8.00. The molecule has 0 radical (unpaired) electrons. The van der Waals surface area contributed by atoms with Gasteiger partial charge in [0.2, 0.25) is 0 Å². The third-order valence-corrected chi connectivity index (χ3v) is 8.33. The van der Waals surface area contributed by atoms with E-state index in [-0.39, 0.29) is 0 Å². The van der Waals surface area contributed by atoms with Crippen molar-refractivity contribution in [1.82, 2.24) is 0 Å². The van der Waals surface area contributed by atoms with Gasteiger partial charge in [-0.3, -0.25) is 0 Å². The van der Waals surface area contributed by atoms with Gasteiger partial charge in [0.1, 0.15) is 7.14 Å². The van der Waals surface area contributed by atoms with Gasteiger partial charge in [-0.05, 0) is 42.2 Å².